The zero-order valence-corrected chi connectivity index (χ0v) is 64.8. The fourth-order valence-corrected chi connectivity index (χ4v) is 19.5. The predicted octanol–water partition coefficient (Wildman–Crippen LogP) is 25.7. The van der Waals surface area contributed by atoms with Gasteiger partial charge in [0.05, 0.1) is 80.7 Å². The maximum atomic E-state index is 11.1. The Bertz CT molecular complexity index is 7750. The van der Waals surface area contributed by atoms with E-state index >= 15 is 0 Å². The van der Waals surface area contributed by atoms with Gasteiger partial charge in [0, 0.05) is 77.2 Å². The smallest absolute Gasteiger partial charge is 0.212 e. The zero-order chi connectivity index (χ0) is 81.3. The molecule has 564 valence electrons. The first-order chi connectivity index (χ1) is 60.3. The topological polar surface area (TPSA) is 162 Å². The summed E-state index contributed by atoms with van der Waals surface area (Å²) in [5, 5.41) is 26.2. The Morgan fingerprint density at radius 2 is 0.607 bits per heavy atom. The molecule has 6 heterocycles. The number of para-hydroxylation sites is 6. The van der Waals surface area contributed by atoms with Crippen molar-refractivity contribution in [3.05, 3.63) is 442 Å². The van der Waals surface area contributed by atoms with E-state index in [0.29, 0.717) is 79.9 Å². The molecule has 0 radical (unpaired) electrons. The van der Waals surface area contributed by atoms with E-state index in [2.05, 4.69) is 213 Å². The monoisotopic (exact) mass is 1560 g/mol. The summed E-state index contributed by atoms with van der Waals surface area (Å²) in [5.74, 6) is 6.03. The van der Waals surface area contributed by atoms with Crippen LogP contribution in [0.25, 0.3) is 155 Å². The fourth-order valence-electron chi connectivity index (χ4n) is 19.5. The Hall–Kier alpha value is -17.3. The van der Waals surface area contributed by atoms with Gasteiger partial charge >= 0.3 is 0 Å². The molecular formula is C108H60N12O2. The minimum Gasteiger partial charge on any atom is -0.457 e. The molecule has 0 fully saturated rings. The van der Waals surface area contributed by atoms with Crippen LogP contribution in [0.5, 0.6) is 23.0 Å². The molecule has 4 aromatic heterocycles. The number of fused-ring (bicyclic) bond motifs is 26. The molecule has 0 bridgehead atoms. The summed E-state index contributed by atoms with van der Waals surface area (Å²) in [5.41, 5.74) is 22.5. The molecular weight excluding hydrogens is 1500 g/mol. The summed E-state index contributed by atoms with van der Waals surface area (Å²) >= 11 is 0. The highest BCUT2D eigenvalue weighted by Gasteiger charge is 2.54. The molecule has 14 nitrogen and oxygen atoms in total. The van der Waals surface area contributed by atoms with Gasteiger partial charge in [0.2, 0.25) is 11.4 Å². The molecule has 20 aromatic rings. The molecule has 4 aliphatic rings. The second kappa shape index (κ2) is 27.7. The van der Waals surface area contributed by atoms with Crippen LogP contribution >= 0.6 is 0 Å². The lowest BCUT2D eigenvalue weighted by molar-refractivity contribution is 0.436. The molecule has 14 heteroatoms. The van der Waals surface area contributed by atoms with Gasteiger partial charge in [-0.3, -0.25) is 0 Å². The van der Waals surface area contributed by atoms with Gasteiger partial charge in [-0.05, 0) is 117 Å². The van der Waals surface area contributed by atoms with Gasteiger partial charge in [-0.25, -0.2) is 39.6 Å². The number of benzene rings is 16. The van der Waals surface area contributed by atoms with E-state index in [1.807, 2.05) is 158 Å². The standard InChI is InChI=1S/2C54H30N6O/c1-56-43-31-35(53-58-51(33-16-4-2-5-17-33)57-52(59-53)34-18-6-3-7-19-34)30-36(32-55)50(43)60-44-25-13-9-21-39(44)48-45(60)29-28-38-37-20-8-10-22-40(37)54(49(38)48)41-23-11-14-26-46(41)61-47-27-15-12-24-42(47)54;1-56-43-31-35(53-58-51(33-16-4-2-5-17-33)57-52(59-53)34-18-6-3-7-19-34)30-36(32-55)50(43)60-44-25-13-9-21-38(44)49-45(60)29-28-42-48(49)37-20-8-10-22-39(37)54(42)40-23-11-14-26-46(40)61-47-27-15-12-24-41(47)54/h2*2-31H. The van der Waals surface area contributed by atoms with Crippen molar-refractivity contribution in [3.8, 4) is 137 Å². The van der Waals surface area contributed by atoms with Crippen LogP contribution in [0, 0.1) is 35.8 Å². The highest BCUT2D eigenvalue weighted by atomic mass is 16.5. The number of hydrogen-bond acceptors (Lipinski definition) is 10. The first kappa shape index (κ1) is 70.1. The first-order valence-electron chi connectivity index (χ1n) is 40.1. The molecule has 0 amide bonds. The van der Waals surface area contributed by atoms with Gasteiger partial charge in [0.1, 0.15) is 23.0 Å². The quantitative estimate of drug-likeness (QED) is 0.134. The van der Waals surface area contributed by atoms with E-state index in [1.165, 1.54) is 11.1 Å². The molecule has 2 spiro atoms. The zero-order valence-electron chi connectivity index (χ0n) is 64.8. The Balaban J connectivity index is 0.000000142. The Morgan fingerprint density at radius 1 is 0.279 bits per heavy atom. The third-order valence-corrected chi connectivity index (χ3v) is 24.3. The summed E-state index contributed by atoms with van der Waals surface area (Å²) in [7, 11) is 0. The maximum Gasteiger partial charge on any atom is 0.212 e. The van der Waals surface area contributed by atoms with Crippen molar-refractivity contribution in [1.29, 1.82) is 10.5 Å². The van der Waals surface area contributed by atoms with Crippen molar-refractivity contribution < 1.29 is 9.47 Å². The number of nitriles is 2. The highest BCUT2D eigenvalue weighted by Crippen LogP contribution is 2.66. The molecule has 0 unspecified atom stereocenters. The normalized spacial score (nSPS) is 12.8. The van der Waals surface area contributed by atoms with Crippen LogP contribution in [-0.2, 0) is 10.8 Å². The maximum absolute atomic E-state index is 11.1. The minimum atomic E-state index is -0.720. The van der Waals surface area contributed by atoms with Crippen molar-refractivity contribution >= 4 is 55.0 Å². The van der Waals surface area contributed by atoms with Gasteiger partial charge in [-0.15, -0.1) is 0 Å². The SMILES string of the molecule is [C-]#[N+]c1cc(-c2nc(-c3ccccc3)nc(-c3ccccc3)n2)cc(C#N)c1-n1c2ccccc2c2c3c(ccc21)-c1ccccc1C31c2ccccc2Oc2ccccc21.[C-]#[N+]c1cc(-c2nc(-c3ccccc3)nc(-c3ccccc3)n2)cc(C#N)c1-n1c2ccccc2c2c3c(ccc21)C1(c2ccccc2Oc2ccccc21)c1ccccc1-3. The van der Waals surface area contributed by atoms with E-state index in [9.17, 15) is 10.5 Å². The average Bonchev–Trinajstić information content (AvgIpc) is 1.50. The third kappa shape index (κ3) is 10.3. The van der Waals surface area contributed by atoms with Crippen LogP contribution in [0.3, 0.4) is 0 Å². The fraction of sp³-hybridized carbons (Fsp3) is 0.0185. The molecule has 0 N–H and O–H groups in total. The molecule has 24 rings (SSSR count). The summed E-state index contributed by atoms with van der Waals surface area (Å²) in [6, 6.07) is 127. The number of hydrogen-bond donors (Lipinski definition) is 0. The summed E-state index contributed by atoms with van der Waals surface area (Å²) in [6.45, 7) is 17.3. The first-order valence-corrected chi connectivity index (χ1v) is 40.1. The van der Waals surface area contributed by atoms with Crippen molar-refractivity contribution in [1.82, 2.24) is 39.0 Å². The highest BCUT2D eigenvalue weighted by molar-refractivity contribution is 6.20. The number of rotatable bonds is 8. The molecule has 122 heavy (non-hydrogen) atoms. The van der Waals surface area contributed by atoms with Crippen LogP contribution in [0.1, 0.15) is 55.6 Å². The lowest BCUT2D eigenvalue weighted by Gasteiger charge is -2.39. The van der Waals surface area contributed by atoms with Gasteiger partial charge in [0.25, 0.3) is 0 Å². The summed E-state index contributed by atoms with van der Waals surface area (Å²) in [6.07, 6.45) is 0. The van der Waals surface area contributed by atoms with Crippen molar-refractivity contribution in [2.75, 3.05) is 0 Å². The van der Waals surface area contributed by atoms with E-state index in [4.69, 9.17) is 52.5 Å². The van der Waals surface area contributed by atoms with Gasteiger partial charge < -0.3 is 18.6 Å². The van der Waals surface area contributed by atoms with Gasteiger partial charge in [-0.1, -0.05) is 291 Å². The van der Waals surface area contributed by atoms with Crippen molar-refractivity contribution in [2.45, 2.75) is 10.8 Å². The van der Waals surface area contributed by atoms with E-state index < -0.39 is 10.8 Å². The molecule has 0 atom stereocenters. The molecule has 0 saturated carbocycles. The molecule has 16 aromatic carbocycles. The van der Waals surface area contributed by atoms with Crippen LogP contribution in [0.2, 0.25) is 0 Å². The lowest BCUT2D eigenvalue weighted by Crippen LogP contribution is -2.32. The number of aromatic nitrogens is 8. The molecule has 2 aliphatic carbocycles. The van der Waals surface area contributed by atoms with Crippen LogP contribution in [0.15, 0.2) is 364 Å². The van der Waals surface area contributed by atoms with E-state index in [-0.39, 0.29) is 0 Å². The second-order valence-corrected chi connectivity index (χ2v) is 30.6. The lowest BCUT2D eigenvalue weighted by atomic mass is 9.65. The van der Waals surface area contributed by atoms with Crippen molar-refractivity contribution in [3.63, 3.8) is 0 Å². The Kier molecular flexibility index (Phi) is 15.9. The number of ether oxygens (including phenoxy) is 2. The number of nitrogens with zero attached hydrogens (tertiary/aromatic N) is 12. The van der Waals surface area contributed by atoms with Crippen LogP contribution in [-0.4, -0.2) is 39.0 Å². The predicted molar refractivity (Wildman–Crippen MR) is 478 cm³/mol. The van der Waals surface area contributed by atoms with Crippen LogP contribution in [0.4, 0.5) is 11.4 Å². The average molecular weight is 1560 g/mol. The van der Waals surface area contributed by atoms with Crippen LogP contribution < -0.4 is 9.47 Å². The summed E-state index contributed by atoms with van der Waals surface area (Å²) in [4.78, 5) is 37.7. The Morgan fingerprint density at radius 3 is 1.02 bits per heavy atom. The second-order valence-electron chi connectivity index (χ2n) is 30.6. The summed E-state index contributed by atoms with van der Waals surface area (Å²) < 4.78 is 17.4. The minimum absolute atomic E-state index is 0.305. The van der Waals surface area contributed by atoms with Gasteiger partial charge in [0.15, 0.2) is 34.9 Å². The Labute approximate surface area is 700 Å². The van der Waals surface area contributed by atoms with E-state index in [0.717, 1.165) is 144 Å². The van der Waals surface area contributed by atoms with E-state index in [1.54, 1.807) is 24.3 Å². The molecule has 2 aliphatic heterocycles. The van der Waals surface area contributed by atoms with Gasteiger partial charge in [-0.2, -0.15) is 10.5 Å². The third-order valence-electron chi connectivity index (χ3n) is 24.3. The molecule has 0 saturated heterocycles. The van der Waals surface area contributed by atoms with Crippen molar-refractivity contribution in [2.24, 2.45) is 0 Å². The largest absolute Gasteiger partial charge is 0.457 e.